The van der Waals surface area contributed by atoms with Crippen molar-refractivity contribution >= 4 is 11.6 Å². The van der Waals surface area contributed by atoms with Crippen LogP contribution in [0.4, 0.5) is 0 Å². The third-order valence-corrected chi connectivity index (χ3v) is 4.45. The van der Waals surface area contributed by atoms with Gasteiger partial charge in [0, 0.05) is 17.1 Å². The lowest BCUT2D eigenvalue weighted by Crippen LogP contribution is -2.42. The number of hydrogen-bond acceptors (Lipinski definition) is 2. The predicted molar refractivity (Wildman–Crippen MR) is 77.8 cm³/mol. The molecular weight excluding hydrogens is 244 g/mol. The zero-order valence-corrected chi connectivity index (χ0v) is 12.2. The third kappa shape index (κ3) is 2.87. The highest BCUT2D eigenvalue weighted by Crippen LogP contribution is 2.39. The maximum atomic E-state index is 6.32. The Labute approximate surface area is 115 Å². The van der Waals surface area contributed by atoms with Crippen LogP contribution in [0.25, 0.3) is 0 Å². The van der Waals surface area contributed by atoms with Crippen molar-refractivity contribution in [3.05, 3.63) is 34.9 Å². The fourth-order valence-electron chi connectivity index (χ4n) is 2.75. The van der Waals surface area contributed by atoms with Crippen LogP contribution in [0.5, 0.6) is 0 Å². The first-order chi connectivity index (χ1) is 8.52. The molecule has 3 unspecified atom stereocenters. The topological polar surface area (TPSA) is 29.3 Å². The quantitative estimate of drug-likeness (QED) is 0.884. The van der Waals surface area contributed by atoms with Crippen LogP contribution in [-0.4, -0.2) is 24.0 Å². The van der Waals surface area contributed by atoms with Crippen LogP contribution < -0.4 is 5.73 Å². The molecule has 2 rings (SSSR count). The SMILES string of the molecule is CC(N)C(c1ccccc1Cl)N(C)C(C)C1CC1. The fraction of sp³-hybridized carbons (Fsp3) is 0.600. The molecule has 1 aliphatic rings. The molecule has 0 amide bonds. The molecule has 1 fully saturated rings. The standard InChI is InChI=1S/C15H23ClN2/c1-10(17)15(13-6-4-5-7-14(13)16)18(3)11(2)12-8-9-12/h4-7,10-12,15H,8-9,17H2,1-3H3. The zero-order chi connectivity index (χ0) is 13.3. The molecule has 2 N–H and O–H groups in total. The number of nitrogens with two attached hydrogens (primary N) is 1. The highest BCUT2D eigenvalue weighted by molar-refractivity contribution is 6.31. The number of hydrogen-bond donors (Lipinski definition) is 1. The zero-order valence-electron chi connectivity index (χ0n) is 11.4. The van der Waals surface area contributed by atoms with E-state index in [1.54, 1.807) is 0 Å². The van der Waals surface area contributed by atoms with Crippen molar-refractivity contribution in [2.24, 2.45) is 11.7 Å². The maximum Gasteiger partial charge on any atom is 0.0511 e. The lowest BCUT2D eigenvalue weighted by atomic mass is 9.97. The van der Waals surface area contributed by atoms with Gasteiger partial charge in [0.15, 0.2) is 0 Å². The van der Waals surface area contributed by atoms with E-state index in [2.05, 4.69) is 31.9 Å². The van der Waals surface area contributed by atoms with Crippen LogP contribution >= 0.6 is 11.6 Å². The van der Waals surface area contributed by atoms with E-state index in [0.29, 0.717) is 6.04 Å². The van der Waals surface area contributed by atoms with E-state index < -0.39 is 0 Å². The summed E-state index contributed by atoms with van der Waals surface area (Å²) in [5, 5.41) is 0.814. The van der Waals surface area contributed by atoms with E-state index in [-0.39, 0.29) is 12.1 Å². The van der Waals surface area contributed by atoms with Gasteiger partial charge in [0.05, 0.1) is 6.04 Å². The van der Waals surface area contributed by atoms with Crippen LogP contribution in [0.3, 0.4) is 0 Å². The van der Waals surface area contributed by atoms with E-state index in [4.69, 9.17) is 17.3 Å². The maximum absolute atomic E-state index is 6.32. The minimum absolute atomic E-state index is 0.0658. The van der Waals surface area contributed by atoms with Gasteiger partial charge in [-0.2, -0.15) is 0 Å². The molecule has 0 aromatic heterocycles. The number of benzene rings is 1. The smallest absolute Gasteiger partial charge is 0.0511 e. The highest BCUT2D eigenvalue weighted by atomic mass is 35.5. The van der Waals surface area contributed by atoms with E-state index >= 15 is 0 Å². The van der Waals surface area contributed by atoms with Crippen molar-refractivity contribution in [1.82, 2.24) is 4.90 Å². The first kappa shape index (κ1) is 13.9. The van der Waals surface area contributed by atoms with Gasteiger partial charge in [-0.1, -0.05) is 29.8 Å². The van der Waals surface area contributed by atoms with Gasteiger partial charge in [0.25, 0.3) is 0 Å². The lowest BCUT2D eigenvalue weighted by molar-refractivity contribution is 0.150. The molecule has 0 aliphatic heterocycles. The molecule has 2 nitrogen and oxygen atoms in total. The van der Waals surface area contributed by atoms with Crippen LogP contribution in [0.1, 0.15) is 38.3 Å². The van der Waals surface area contributed by atoms with E-state index in [1.165, 1.54) is 12.8 Å². The summed E-state index contributed by atoms with van der Waals surface area (Å²) in [6.07, 6.45) is 2.69. The van der Waals surface area contributed by atoms with Crippen molar-refractivity contribution in [1.29, 1.82) is 0 Å². The third-order valence-electron chi connectivity index (χ3n) is 4.11. The predicted octanol–water partition coefficient (Wildman–Crippen LogP) is 3.46. The van der Waals surface area contributed by atoms with E-state index in [9.17, 15) is 0 Å². The minimum Gasteiger partial charge on any atom is -0.326 e. The molecule has 0 heterocycles. The molecular formula is C15H23ClN2. The van der Waals surface area contributed by atoms with Crippen molar-refractivity contribution in [3.63, 3.8) is 0 Å². The molecule has 1 saturated carbocycles. The average Bonchev–Trinajstić information content (AvgIpc) is 3.14. The van der Waals surface area contributed by atoms with Crippen molar-refractivity contribution in [3.8, 4) is 0 Å². The summed E-state index contributed by atoms with van der Waals surface area (Å²) in [5.41, 5.74) is 7.34. The molecule has 0 bridgehead atoms. The van der Waals surface area contributed by atoms with Crippen LogP contribution in [-0.2, 0) is 0 Å². The largest absolute Gasteiger partial charge is 0.326 e. The Bertz CT molecular complexity index is 401. The summed E-state index contributed by atoms with van der Waals surface area (Å²) in [6, 6.07) is 8.86. The summed E-state index contributed by atoms with van der Waals surface area (Å²) in [5.74, 6) is 0.832. The molecule has 0 spiro atoms. The second-order valence-corrected chi connectivity index (χ2v) is 5.98. The molecule has 18 heavy (non-hydrogen) atoms. The average molecular weight is 267 g/mol. The van der Waals surface area contributed by atoms with Crippen LogP contribution in [0.2, 0.25) is 5.02 Å². The van der Waals surface area contributed by atoms with Crippen molar-refractivity contribution in [2.45, 2.75) is 44.8 Å². The van der Waals surface area contributed by atoms with E-state index in [1.807, 2.05) is 18.2 Å². The molecule has 1 aliphatic carbocycles. The van der Waals surface area contributed by atoms with E-state index in [0.717, 1.165) is 16.5 Å². The van der Waals surface area contributed by atoms with Gasteiger partial charge in [-0.15, -0.1) is 0 Å². The second kappa shape index (κ2) is 5.60. The lowest BCUT2D eigenvalue weighted by Gasteiger charge is -2.36. The number of nitrogens with zero attached hydrogens (tertiary/aromatic N) is 1. The Morgan fingerprint density at radius 1 is 1.28 bits per heavy atom. The molecule has 0 radical (unpaired) electrons. The summed E-state index contributed by atoms with van der Waals surface area (Å²) < 4.78 is 0. The molecule has 1 aromatic carbocycles. The molecule has 0 saturated heterocycles. The van der Waals surface area contributed by atoms with Gasteiger partial charge >= 0.3 is 0 Å². The Morgan fingerprint density at radius 3 is 2.39 bits per heavy atom. The van der Waals surface area contributed by atoms with Gasteiger partial charge in [0.2, 0.25) is 0 Å². The first-order valence-corrected chi connectivity index (χ1v) is 7.12. The molecule has 3 heteroatoms. The Morgan fingerprint density at radius 2 is 1.89 bits per heavy atom. The van der Waals surface area contributed by atoms with Crippen molar-refractivity contribution in [2.75, 3.05) is 7.05 Å². The molecule has 100 valence electrons. The van der Waals surface area contributed by atoms with Gasteiger partial charge in [-0.25, -0.2) is 0 Å². The van der Waals surface area contributed by atoms with Gasteiger partial charge in [-0.3, -0.25) is 4.90 Å². The van der Waals surface area contributed by atoms with Crippen molar-refractivity contribution < 1.29 is 0 Å². The van der Waals surface area contributed by atoms with Crippen LogP contribution in [0.15, 0.2) is 24.3 Å². The first-order valence-electron chi connectivity index (χ1n) is 6.74. The highest BCUT2D eigenvalue weighted by Gasteiger charge is 2.35. The minimum atomic E-state index is 0.0658. The Hall–Kier alpha value is -0.570. The number of halogens is 1. The summed E-state index contributed by atoms with van der Waals surface area (Å²) in [4.78, 5) is 2.39. The monoisotopic (exact) mass is 266 g/mol. The number of likely N-dealkylation sites (N-methyl/N-ethyl adjacent to an activating group) is 1. The van der Waals surface area contributed by atoms with Crippen LogP contribution in [0, 0.1) is 5.92 Å². The molecule has 3 atom stereocenters. The second-order valence-electron chi connectivity index (χ2n) is 5.57. The summed E-state index contributed by atoms with van der Waals surface area (Å²) >= 11 is 6.32. The van der Waals surface area contributed by atoms with Gasteiger partial charge in [0.1, 0.15) is 0 Å². The Balaban J connectivity index is 2.25. The summed E-state index contributed by atoms with van der Waals surface area (Å²) in [6.45, 7) is 4.36. The normalized spacial score (nSPS) is 20.8. The van der Waals surface area contributed by atoms with Gasteiger partial charge in [-0.05, 0) is 51.3 Å². The number of rotatable bonds is 5. The Kier molecular flexibility index (Phi) is 4.31. The summed E-state index contributed by atoms with van der Waals surface area (Å²) in [7, 11) is 2.17. The molecule has 1 aromatic rings. The van der Waals surface area contributed by atoms with Gasteiger partial charge < -0.3 is 5.73 Å². The fourth-order valence-corrected chi connectivity index (χ4v) is 3.00.